The highest BCUT2D eigenvalue weighted by Crippen LogP contribution is 2.43. The van der Waals surface area contributed by atoms with E-state index in [-0.39, 0.29) is 48.6 Å². The minimum atomic E-state index is -1.04. The van der Waals surface area contributed by atoms with Crippen molar-refractivity contribution in [2.24, 2.45) is 35.3 Å². The number of nitrogens with one attached hydrogen (secondary N) is 1. The number of aromatic nitrogens is 3. The summed E-state index contributed by atoms with van der Waals surface area (Å²) in [6.07, 6.45) is 14.1. The van der Waals surface area contributed by atoms with Crippen LogP contribution < -0.4 is 15.8 Å². The molecule has 0 spiro atoms. The highest BCUT2D eigenvalue weighted by atomic mass is 35.5. The van der Waals surface area contributed by atoms with Crippen molar-refractivity contribution in [2.45, 2.75) is 95.2 Å². The van der Waals surface area contributed by atoms with Gasteiger partial charge in [0.2, 0.25) is 17.6 Å². The van der Waals surface area contributed by atoms with Gasteiger partial charge in [0, 0.05) is 60.4 Å². The maximum absolute atomic E-state index is 14.8. The lowest BCUT2D eigenvalue weighted by molar-refractivity contribution is -0.141. The van der Waals surface area contributed by atoms with E-state index in [1.165, 1.54) is 24.8 Å². The lowest BCUT2D eigenvalue weighted by Gasteiger charge is -2.33. The van der Waals surface area contributed by atoms with Crippen LogP contribution in [-0.2, 0) is 24.0 Å². The molecule has 12 nitrogen and oxygen atoms in total. The smallest absolute Gasteiger partial charge is 0.285 e. The summed E-state index contributed by atoms with van der Waals surface area (Å²) in [5, 5.41) is 3.26. The first kappa shape index (κ1) is 34.1. The molecule has 2 amide bonds. The van der Waals surface area contributed by atoms with Gasteiger partial charge in [0.25, 0.3) is 5.91 Å². The Hall–Kier alpha value is -3.77. The van der Waals surface area contributed by atoms with Gasteiger partial charge in [-0.15, -0.1) is 0 Å². The lowest BCUT2D eigenvalue weighted by Crippen LogP contribution is -2.45. The van der Waals surface area contributed by atoms with E-state index in [2.05, 4.69) is 20.3 Å². The predicted molar refractivity (Wildman–Crippen MR) is 176 cm³/mol. The number of carbonyl (C=O) groups is 5. The average Bonchev–Trinajstić information content (AvgIpc) is 3.73. The van der Waals surface area contributed by atoms with Gasteiger partial charge in [-0.25, -0.2) is 9.97 Å². The zero-order valence-electron chi connectivity index (χ0n) is 27.0. The van der Waals surface area contributed by atoms with E-state index in [9.17, 15) is 24.0 Å². The monoisotopic (exact) mass is 678 g/mol. The Morgan fingerprint density at radius 3 is 2.42 bits per heavy atom. The average molecular weight is 679 g/mol. The number of ether oxygens (including phenoxy) is 1. The molecule has 3 N–H and O–H groups in total. The summed E-state index contributed by atoms with van der Waals surface area (Å²) >= 11 is 6.18. The summed E-state index contributed by atoms with van der Waals surface area (Å²) in [5.74, 6) is -3.57. The number of anilines is 1. The number of hydrogen-bond donors (Lipinski definition) is 2. The van der Waals surface area contributed by atoms with Gasteiger partial charge in [-0.1, -0.05) is 50.1 Å². The van der Waals surface area contributed by atoms with Crippen LogP contribution in [0.5, 0.6) is 5.88 Å². The lowest BCUT2D eigenvalue weighted by atomic mass is 9.73. The van der Waals surface area contributed by atoms with E-state index in [0.29, 0.717) is 29.7 Å². The normalized spacial score (nSPS) is 26.9. The number of primary amides is 1. The first-order valence-corrected chi connectivity index (χ1v) is 17.6. The van der Waals surface area contributed by atoms with Crippen LogP contribution in [0.1, 0.15) is 77.0 Å². The Bertz CT molecular complexity index is 1520. The topological polar surface area (TPSA) is 174 Å². The van der Waals surface area contributed by atoms with Gasteiger partial charge in [0.05, 0.1) is 12.2 Å². The van der Waals surface area contributed by atoms with Gasteiger partial charge in [-0.3, -0.25) is 33.9 Å². The Kier molecular flexibility index (Phi) is 10.8. The van der Waals surface area contributed by atoms with E-state index in [1.807, 2.05) is 4.90 Å². The fourth-order valence-corrected chi connectivity index (χ4v) is 8.14. The molecule has 256 valence electrons. The van der Waals surface area contributed by atoms with E-state index in [0.717, 1.165) is 51.4 Å². The third-order valence-electron chi connectivity index (χ3n) is 10.7. The maximum atomic E-state index is 14.8. The van der Waals surface area contributed by atoms with Crippen molar-refractivity contribution in [3.8, 4) is 5.88 Å². The molecule has 0 bridgehead atoms. The highest BCUT2D eigenvalue weighted by Gasteiger charge is 2.54. The molecule has 4 aliphatic rings. The van der Waals surface area contributed by atoms with E-state index in [4.69, 9.17) is 22.1 Å². The first-order valence-electron chi connectivity index (χ1n) is 17.2. The molecule has 3 aliphatic carbocycles. The van der Waals surface area contributed by atoms with Gasteiger partial charge < -0.3 is 15.8 Å². The molecule has 6 rings (SSSR count). The summed E-state index contributed by atoms with van der Waals surface area (Å²) in [4.78, 5) is 81.4. The van der Waals surface area contributed by atoms with Crippen molar-refractivity contribution in [1.29, 1.82) is 0 Å². The summed E-state index contributed by atoms with van der Waals surface area (Å²) in [6, 6.07) is 2.19. The first-order chi connectivity index (χ1) is 23.2. The molecule has 1 aliphatic heterocycles. The number of amides is 2. The number of hydrogen-bond acceptors (Lipinski definition) is 10. The standard InChI is InChI=1S/C35H43ClN6O6/c36-23-9-10-40-30(15-23)48-24-16-25(28(43)14-22(32(44)34(37)46)13-20-5-4-6-20)26(17-24)33(45)31(21-7-2-1-3-8-21)42-19-27(42)35(47)41-29-18-38-11-12-39-29/h9-12,15,18,20-22,24-27,31H,1-8,13-14,16-17,19H2,(H2,37,46)(H,39,41,47)/t22?,24-,25?,26?,27?,31+,42?/m1/s1. The second-order valence-corrected chi connectivity index (χ2v) is 14.3. The molecule has 4 fully saturated rings. The van der Waals surface area contributed by atoms with Gasteiger partial charge in [-0.2, -0.15) is 0 Å². The van der Waals surface area contributed by atoms with Crippen LogP contribution in [0.15, 0.2) is 36.9 Å². The number of carbonyl (C=O) groups excluding carboxylic acids is 5. The summed E-state index contributed by atoms with van der Waals surface area (Å²) in [6.45, 7) is 0.424. The minimum absolute atomic E-state index is 0.0497. The molecule has 48 heavy (non-hydrogen) atoms. The Morgan fingerprint density at radius 1 is 0.979 bits per heavy atom. The van der Waals surface area contributed by atoms with Crippen LogP contribution in [0.2, 0.25) is 5.02 Å². The highest BCUT2D eigenvalue weighted by molar-refractivity contribution is 6.36. The quantitative estimate of drug-likeness (QED) is 0.207. The molecule has 5 unspecified atom stereocenters. The predicted octanol–water partition coefficient (Wildman–Crippen LogP) is 3.96. The molecular weight excluding hydrogens is 636 g/mol. The van der Waals surface area contributed by atoms with Crippen LogP contribution in [0.3, 0.4) is 0 Å². The van der Waals surface area contributed by atoms with Crippen molar-refractivity contribution in [3.05, 3.63) is 41.9 Å². The minimum Gasteiger partial charge on any atom is -0.474 e. The number of pyridine rings is 1. The summed E-state index contributed by atoms with van der Waals surface area (Å²) in [5.41, 5.74) is 5.41. The van der Waals surface area contributed by atoms with E-state index >= 15 is 0 Å². The van der Waals surface area contributed by atoms with Crippen molar-refractivity contribution in [1.82, 2.24) is 19.9 Å². The molecule has 3 heterocycles. The van der Waals surface area contributed by atoms with Crippen molar-refractivity contribution >= 4 is 46.6 Å². The number of rotatable bonds is 15. The van der Waals surface area contributed by atoms with E-state index in [1.54, 1.807) is 12.1 Å². The van der Waals surface area contributed by atoms with E-state index < -0.39 is 47.6 Å². The zero-order chi connectivity index (χ0) is 33.8. The largest absolute Gasteiger partial charge is 0.474 e. The van der Waals surface area contributed by atoms with Crippen LogP contribution in [0, 0.1) is 29.6 Å². The van der Waals surface area contributed by atoms with Gasteiger partial charge >= 0.3 is 0 Å². The van der Waals surface area contributed by atoms with Crippen molar-refractivity contribution < 1.29 is 28.7 Å². The number of Topliss-reactive ketones (excluding diaryl/α,β-unsaturated/α-hetero) is 3. The van der Waals surface area contributed by atoms with Gasteiger partial charge in [0.1, 0.15) is 17.9 Å². The SMILES string of the molecule is NC(=O)C(=O)C(CC(=O)C1C[C@@H](Oc2cc(Cl)ccn2)CC1C(=O)[C@H](C1CCCCC1)N1CC1C(=O)Nc1cnccn1)CC1CCC1. The molecule has 3 saturated carbocycles. The van der Waals surface area contributed by atoms with Gasteiger partial charge in [0.15, 0.2) is 11.6 Å². The summed E-state index contributed by atoms with van der Waals surface area (Å²) < 4.78 is 6.19. The third kappa shape index (κ3) is 8.08. The molecular formula is C35H43ClN6O6. The third-order valence-corrected chi connectivity index (χ3v) is 10.9. The maximum Gasteiger partial charge on any atom is 0.285 e. The van der Waals surface area contributed by atoms with Crippen LogP contribution in [0.25, 0.3) is 0 Å². The van der Waals surface area contributed by atoms with Crippen molar-refractivity contribution in [2.75, 3.05) is 11.9 Å². The molecule has 2 aromatic rings. The van der Waals surface area contributed by atoms with Crippen LogP contribution >= 0.6 is 11.6 Å². The Morgan fingerprint density at radius 2 is 1.75 bits per heavy atom. The number of halogens is 1. The second-order valence-electron chi connectivity index (χ2n) is 13.9. The fourth-order valence-electron chi connectivity index (χ4n) is 7.99. The molecule has 7 atom stereocenters. The summed E-state index contributed by atoms with van der Waals surface area (Å²) in [7, 11) is 0. The number of ketones is 3. The molecule has 13 heteroatoms. The van der Waals surface area contributed by atoms with Gasteiger partial charge in [-0.05, 0) is 50.0 Å². The molecule has 0 aromatic carbocycles. The van der Waals surface area contributed by atoms with Crippen LogP contribution in [0.4, 0.5) is 5.82 Å². The second kappa shape index (κ2) is 15.2. The fraction of sp³-hybridized carbons (Fsp3) is 0.600. The Balaban J connectivity index is 1.24. The molecule has 2 aromatic heterocycles. The van der Waals surface area contributed by atoms with Crippen molar-refractivity contribution in [3.63, 3.8) is 0 Å². The molecule has 0 radical (unpaired) electrons. The Labute approximate surface area is 284 Å². The van der Waals surface area contributed by atoms with Crippen LogP contribution in [-0.4, -0.2) is 73.7 Å². The number of nitrogens with zero attached hydrogens (tertiary/aromatic N) is 4. The zero-order valence-corrected chi connectivity index (χ0v) is 27.7. The molecule has 1 saturated heterocycles. The number of nitrogens with two attached hydrogens (primary N) is 1.